The number of esters is 1. The predicted molar refractivity (Wildman–Crippen MR) is 45.9 cm³/mol. The number of carboxylic acid groups (broad SMARTS) is 1. The maximum absolute atomic E-state index is 10.8. The van der Waals surface area contributed by atoms with Crippen LogP contribution in [0.2, 0.25) is 0 Å². The van der Waals surface area contributed by atoms with E-state index in [1.54, 1.807) is 13.8 Å². The molecule has 0 aliphatic heterocycles. The maximum atomic E-state index is 10.8. The van der Waals surface area contributed by atoms with Crippen LogP contribution in [0.3, 0.4) is 0 Å². The van der Waals surface area contributed by atoms with E-state index >= 15 is 0 Å². The summed E-state index contributed by atoms with van der Waals surface area (Å²) < 4.78 is 4.77. The zero-order valence-corrected chi connectivity index (χ0v) is 7.66. The molecular formula is C9H12O4. The van der Waals surface area contributed by atoms with Crippen LogP contribution in [0.25, 0.3) is 0 Å². The summed E-state index contributed by atoms with van der Waals surface area (Å²) in [5, 5.41) is 8.21. The number of hydrogen-bond acceptors (Lipinski definition) is 3. The summed E-state index contributed by atoms with van der Waals surface area (Å²) in [5.74, 6) is 3.34. The third kappa shape index (κ3) is 8.41. The van der Waals surface area contributed by atoms with Gasteiger partial charge in [-0.05, 0) is 13.8 Å². The Kier molecular flexibility index (Phi) is 5.37. The number of ether oxygens (including phenoxy) is 1. The Morgan fingerprint density at radius 3 is 2.31 bits per heavy atom. The van der Waals surface area contributed by atoms with Crippen molar-refractivity contribution in [1.29, 1.82) is 0 Å². The monoisotopic (exact) mass is 184 g/mol. The van der Waals surface area contributed by atoms with Crippen molar-refractivity contribution < 1.29 is 19.4 Å². The van der Waals surface area contributed by atoms with Crippen molar-refractivity contribution in [2.75, 3.05) is 0 Å². The van der Waals surface area contributed by atoms with E-state index in [1.165, 1.54) is 0 Å². The highest BCUT2D eigenvalue weighted by atomic mass is 16.5. The molecule has 0 amide bonds. The standard InChI is InChI=1S/C9H12O4/c1-7(2)13-9(12)6-4-3-5-8(10)11/h7H,5-6H2,1-2H3,(H,10,11). The molecule has 0 spiro atoms. The van der Waals surface area contributed by atoms with Gasteiger partial charge in [0.25, 0.3) is 0 Å². The second-order valence-corrected chi connectivity index (χ2v) is 2.64. The van der Waals surface area contributed by atoms with Gasteiger partial charge in [0.05, 0.1) is 6.10 Å². The topological polar surface area (TPSA) is 63.6 Å². The number of rotatable bonds is 3. The highest BCUT2D eigenvalue weighted by molar-refractivity contribution is 5.73. The van der Waals surface area contributed by atoms with Gasteiger partial charge in [0.2, 0.25) is 0 Å². The molecule has 72 valence electrons. The Labute approximate surface area is 76.9 Å². The molecule has 1 N–H and O–H groups in total. The smallest absolute Gasteiger partial charge is 0.318 e. The van der Waals surface area contributed by atoms with Gasteiger partial charge in [-0.3, -0.25) is 9.59 Å². The van der Waals surface area contributed by atoms with Gasteiger partial charge in [-0.25, -0.2) is 0 Å². The SMILES string of the molecule is CC(C)OC(=O)CC#CCC(=O)O. The van der Waals surface area contributed by atoms with Crippen molar-refractivity contribution in [3.8, 4) is 11.8 Å². The van der Waals surface area contributed by atoms with E-state index in [0.717, 1.165) is 0 Å². The van der Waals surface area contributed by atoms with E-state index in [2.05, 4.69) is 11.8 Å². The minimum atomic E-state index is -0.996. The van der Waals surface area contributed by atoms with E-state index in [4.69, 9.17) is 9.84 Å². The summed E-state index contributed by atoms with van der Waals surface area (Å²) in [5.41, 5.74) is 0. The molecule has 0 aliphatic rings. The van der Waals surface area contributed by atoms with Crippen LogP contribution in [0.4, 0.5) is 0 Å². The first kappa shape index (κ1) is 11.5. The van der Waals surface area contributed by atoms with E-state index in [0.29, 0.717) is 0 Å². The van der Waals surface area contributed by atoms with Crippen molar-refractivity contribution in [3.63, 3.8) is 0 Å². The van der Waals surface area contributed by atoms with Crippen LogP contribution in [0.1, 0.15) is 26.7 Å². The molecule has 0 atom stereocenters. The number of hydrogen-bond donors (Lipinski definition) is 1. The Bertz CT molecular complexity index is 244. The van der Waals surface area contributed by atoms with Crippen LogP contribution < -0.4 is 0 Å². The molecule has 0 radical (unpaired) electrons. The zero-order chi connectivity index (χ0) is 10.3. The largest absolute Gasteiger partial charge is 0.481 e. The van der Waals surface area contributed by atoms with Crippen LogP contribution >= 0.6 is 0 Å². The molecule has 0 fully saturated rings. The third-order valence-electron chi connectivity index (χ3n) is 0.964. The summed E-state index contributed by atoms with van der Waals surface area (Å²) in [4.78, 5) is 20.8. The Morgan fingerprint density at radius 1 is 1.31 bits per heavy atom. The molecule has 0 aromatic rings. The van der Waals surface area contributed by atoms with Gasteiger partial charge in [-0.15, -0.1) is 0 Å². The maximum Gasteiger partial charge on any atom is 0.318 e. The molecule has 4 nitrogen and oxygen atoms in total. The number of carboxylic acids is 1. The summed E-state index contributed by atoms with van der Waals surface area (Å²) in [6, 6.07) is 0. The van der Waals surface area contributed by atoms with Gasteiger partial charge in [-0.2, -0.15) is 0 Å². The molecule has 0 saturated heterocycles. The molecule has 13 heavy (non-hydrogen) atoms. The van der Waals surface area contributed by atoms with E-state index in [-0.39, 0.29) is 18.9 Å². The molecule has 4 heteroatoms. The lowest BCUT2D eigenvalue weighted by Crippen LogP contribution is -2.10. The van der Waals surface area contributed by atoms with Gasteiger partial charge < -0.3 is 9.84 Å². The number of carbonyl (C=O) groups is 2. The fourth-order valence-electron chi connectivity index (χ4n) is 0.577. The molecule has 0 bridgehead atoms. The predicted octanol–water partition coefficient (Wildman–Crippen LogP) is 0.806. The van der Waals surface area contributed by atoms with Crippen molar-refractivity contribution in [3.05, 3.63) is 0 Å². The lowest BCUT2D eigenvalue weighted by Gasteiger charge is -2.04. The van der Waals surface area contributed by atoms with Gasteiger partial charge >= 0.3 is 11.9 Å². The fraction of sp³-hybridized carbons (Fsp3) is 0.556. The molecule has 0 aromatic carbocycles. The lowest BCUT2D eigenvalue weighted by molar-refractivity contribution is -0.146. The molecule has 0 saturated carbocycles. The second kappa shape index (κ2) is 6.06. The average Bonchev–Trinajstić information content (AvgIpc) is 1.96. The Morgan fingerprint density at radius 2 is 1.85 bits per heavy atom. The highest BCUT2D eigenvalue weighted by Gasteiger charge is 2.01. The van der Waals surface area contributed by atoms with E-state index in [9.17, 15) is 9.59 Å². The minimum Gasteiger partial charge on any atom is -0.481 e. The Hall–Kier alpha value is -1.50. The van der Waals surface area contributed by atoms with Crippen molar-refractivity contribution in [1.82, 2.24) is 0 Å². The summed E-state index contributed by atoms with van der Waals surface area (Å²) in [7, 11) is 0. The second-order valence-electron chi connectivity index (χ2n) is 2.64. The quantitative estimate of drug-likeness (QED) is 0.520. The summed E-state index contributed by atoms with van der Waals surface area (Å²) in [6.07, 6.45) is -0.450. The van der Waals surface area contributed by atoms with E-state index in [1.807, 2.05) is 0 Å². The number of carbonyl (C=O) groups excluding carboxylic acids is 1. The first-order chi connectivity index (χ1) is 6.02. The van der Waals surface area contributed by atoms with Gasteiger partial charge in [-0.1, -0.05) is 11.8 Å². The van der Waals surface area contributed by atoms with E-state index < -0.39 is 11.9 Å². The van der Waals surface area contributed by atoms with Crippen molar-refractivity contribution in [2.45, 2.75) is 32.8 Å². The van der Waals surface area contributed by atoms with Gasteiger partial charge in [0, 0.05) is 0 Å². The van der Waals surface area contributed by atoms with Crippen LogP contribution in [-0.2, 0) is 14.3 Å². The van der Waals surface area contributed by atoms with Crippen LogP contribution in [0.15, 0.2) is 0 Å². The summed E-state index contributed by atoms with van der Waals surface area (Å²) >= 11 is 0. The van der Waals surface area contributed by atoms with Crippen molar-refractivity contribution >= 4 is 11.9 Å². The first-order valence-corrected chi connectivity index (χ1v) is 3.89. The molecular weight excluding hydrogens is 172 g/mol. The summed E-state index contributed by atoms with van der Waals surface area (Å²) in [6.45, 7) is 3.48. The van der Waals surface area contributed by atoms with Gasteiger partial charge in [0.15, 0.2) is 0 Å². The molecule has 0 unspecified atom stereocenters. The van der Waals surface area contributed by atoms with Gasteiger partial charge in [0.1, 0.15) is 12.8 Å². The molecule has 0 aromatic heterocycles. The third-order valence-corrected chi connectivity index (χ3v) is 0.964. The lowest BCUT2D eigenvalue weighted by atomic mass is 10.3. The molecule has 0 rings (SSSR count). The van der Waals surface area contributed by atoms with Crippen LogP contribution in [-0.4, -0.2) is 23.1 Å². The fourth-order valence-corrected chi connectivity index (χ4v) is 0.577. The first-order valence-electron chi connectivity index (χ1n) is 3.89. The minimum absolute atomic E-state index is 0.0501. The molecule has 0 heterocycles. The molecule has 0 aliphatic carbocycles. The van der Waals surface area contributed by atoms with Crippen molar-refractivity contribution in [2.24, 2.45) is 0 Å². The average molecular weight is 184 g/mol. The highest BCUT2D eigenvalue weighted by Crippen LogP contribution is 1.91. The Balaban J connectivity index is 3.67. The van der Waals surface area contributed by atoms with Crippen LogP contribution in [0.5, 0.6) is 0 Å². The number of aliphatic carboxylic acids is 1. The van der Waals surface area contributed by atoms with Crippen LogP contribution in [0, 0.1) is 11.8 Å². The zero-order valence-electron chi connectivity index (χ0n) is 7.66. The normalized spacial score (nSPS) is 8.85.